The first kappa shape index (κ1) is 25.4. The van der Waals surface area contributed by atoms with Crippen LogP contribution in [0, 0.1) is 0 Å². The van der Waals surface area contributed by atoms with Gasteiger partial charge in [-0.25, -0.2) is 9.97 Å². The van der Waals surface area contributed by atoms with Gasteiger partial charge < -0.3 is 26.2 Å². The van der Waals surface area contributed by atoms with Crippen LogP contribution in [-0.4, -0.2) is 66.0 Å². The third-order valence-electron chi connectivity index (χ3n) is 4.93. The van der Waals surface area contributed by atoms with E-state index in [0.29, 0.717) is 36.6 Å². The van der Waals surface area contributed by atoms with E-state index in [-0.39, 0.29) is 23.9 Å². The van der Waals surface area contributed by atoms with Crippen LogP contribution in [0.3, 0.4) is 0 Å². The Labute approximate surface area is 204 Å². The Morgan fingerprint density at radius 1 is 1.12 bits per heavy atom. The number of nitrogens with one attached hydrogen (secondary N) is 4. The van der Waals surface area contributed by atoms with Crippen LogP contribution in [-0.2, 0) is 4.79 Å². The summed E-state index contributed by atoms with van der Waals surface area (Å²) in [4.78, 5) is 35.3. The van der Waals surface area contributed by atoms with Crippen LogP contribution in [0.5, 0.6) is 0 Å². The summed E-state index contributed by atoms with van der Waals surface area (Å²) in [5.74, 6) is 0.398. The van der Waals surface area contributed by atoms with Gasteiger partial charge in [0.1, 0.15) is 5.82 Å². The Hall–Kier alpha value is -3.24. The highest BCUT2D eigenvalue weighted by molar-refractivity contribution is 7.16. The summed E-state index contributed by atoms with van der Waals surface area (Å²) in [6.45, 7) is 6.75. The van der Waals surface area contributed by atoms with Gasteiger partial charge in [-0.1, -0.05) is 0 Å². The quantitative estimate of drug-likeness (QED) is 0.331. The highest BCUT2D eigenvalue weighted by atomic mass is 32.1. The molecule has 0 fully saturated rings. The lowest BCUT2D eigenvalue weighted by molar-refractivity contribution is -0.122. The topological polar surface area (TPSA) is 111 Å². The number of aromatic nitrogens is 2. The molecule has 1 atom stereocenters. The van der Waals surface area contributed by atoms with Gasteiger partial charge in [0, 0.05) is 36.6 Å². The lowest BCUT2D eigenvalue weighted by atomic mass is 10.1. The van der Waals surface area contributed by atoms with E-state index in [4.69, 9.17) is 0 Å². The minimum absolute atomic E-state index is 0.0333. The van der Waals surface area contributed by atoms with Gasteiger partial charge in [0.2, 0.25) is 5.91 Å². The summed E-state index contributed by atoms with van der Waals surface area (Å²) >= 11 is 1.58. The summed E-state index contributed by atoms with van der Waals surface area (Å²) in [6.07, 6.45) is 2.21. The molecule has 0 saturated carbocycles. The first-order valence-corrected chi connectivity index (χ1v) is 12.2. The largest absolute Gasteiger partial charge is 0.382 e. The second kappa shape index (κ2) is 11.8. The molecule has 0 bridgehead atoms. The molecular weight excluding hydrogens is 450 g/mol. The first-order valence-electron chi connectivity index (χ1n) is 11.3. The number of fused-ring (bicyclic) bond motifs is 1. The van der Waals surface area contributed by atoms with Crippen LogP contribution in [0.25, 0.3) is 10.2 Å². The van der Waals surface area contributed by atoms with Crippen molar-refractivity contribution in [2.24, 2.45) is 0 Å². The van der Waals surface area contributed by atoms with E-state index in [0.717, 1.165) is 15.9 Å². The van der Waals surface area contributed by atoms with Gasteiger partial charge in [0.15, 0.2) is 0 Å². The van der Waals surface area contributed by atoms with E-state index < -0.39 is 0 Å². The maximum atomic E-state index is 12.9. The average Bonchev–Trinajstić information content (AvgIpc) is 3.20. The van der Waals surface area contributed by atoms with Gasteiger partial charge in [-0.3, -0.25) is 9.59 Å². The number of rotatable bonds is 11. The number of hydrogen-bond acceptors (Lipinski definition) is 8. The van der Waals surface area contributed by atoms with Crippen molar-refractivity contribution in [1.29, 1.82) is 0 Å². The SMILES string of the molecule is CC(C)Nc1cc(Nc2ccc3ncsc3c2)ncc1C(=O)NCCC(C)NC(=O)CN(C)C. The maximum Gasteiger partial charge on any atom is 0.254 e. The van der Waals surface area contributed by atoms with Crippen molar-refractivity contribution in [3.8, 4) is 0 Å². The van der Waals surface area contributed by atoms with E-state index in [1.165, 1.54) is 0 Å². The molecule has 0 radical (unpaired) electrons. The lowest BCUT2D eigenvalue weighted by Gasteiger charge is -2.18. The Morgan fingerprint density at radius 2 is 1.91 bits per heavy atom. The normalized spacial score (nSPS) is 12.1. The summed E-state index contributed by atoms with van der Waals surface area (Å²) in [7, 11) is 3.70. The number of nitrogens with zero attached hydrogens (tertiary/aromatic N) is 3. The summed E-state index contributed by atoms with van der Waals surface area (Å²) in [6, 6.07) is 7.90. The number of thiazole rings is 1. The smallest absolute Gasteiger partial charge is 0.254 e. The highest BCUT2D eigenvalue weighted by Crippen LogP contribution is 2.26. The molecule has 2 heterocycles. The Morgan fingerprint density at radius 3 is 2.65 bits per heavy atom. The molecule has 2 amide bonds. The van der Waals surface area contributed by atoms with Crippen LogP contribution in [0.2, 0.25) is 0 Å². The molecule has 0 aliphatic carbocycles. The van der Waals surface area contributed by atoms with Crippen molar-refractivity contribution < 1.29 is 9.59 Å². The zero-order chi connectivity index (χ0) is 24.7. The molecule has 1 aromatic carbocycles. The lowest BCUT2D eigenvalue weighted by Crippen LogP contribution is -2.40. The van der Waals surface area contributed by atoms with Crippen LogP contribution in [0.4, 0.5) is 17.2 Å². The van der Waals surface area contributed by atoms with Crippen molar-refractivity contribution in [2.75, 3.05) is 37.8 Å². The van der Waals surface area contributed by atoms with Crippen LogP contribution in [0.1, 0.15) is 37.6 Å². The van der Waals surface area contributed by atoms with Crippen LogP contribution < -0.4 is 21.3 Å². The molecule has 0 aliphatic heterocycles. The van der Waals surface area contributed by atoms with Gasteiger partial charge in [-0.15, -0.1) is 11.3 Å². The van der Waals surface area contributed by atoms with Gasteiger partial charge in [-0.2, -0.15) is 0 Å². The number of benzene rings is 1. The number of hydrogen-bond donors (Lipinski definition) is 4. The number of carbonyl (C=O) groups is 2. The van der Waals surface area contributed by atoms with Crippen LogP contribution in [0.15, 0.2) is 36.0 Å². The molecule has 3 rings (SSSR count). The van der Waals surface area contributed by atoms with E-state index in [1.54, 1.807) is 17.5 Å². The molecular formula is C24H33N7O2S. The van der Waals surface area contributed by atoms with Gasteiger partial charge in [0.25, 0.3) is 5.91 Å². The van der Waals surface area contributed by atoms with Gasteiger partial charge in [0.05, 0.1) is 33.5 Å². The summed E-state index contributed by atoms with van der Waals surface area (Å²) < 4.78 is 1.09. The predicted octanol–water partition coefficient (Wildman–Crippen LogP) is 3.44. The fraction of sp³-hybridized carbons (Fsp3) is 0.417. The molecule has 34 heavy (non-hydrogen) atoms. The van der Waals surface area contributed by atoms with Crippen molar-refractivity contribution >= 4 is 50.6 Å². The molecule has 4 N–H and O–H groups in total. The molecule has 3 aromatic rings. The fourth-order valence-corrected chi connectivity index (χ4v) is 4.11. The van der Waals surface area contributed by atoms with E-state index in [2.05, 4.69) is 31.2 Å². The standard InChI is InChI=1S/C24H33N7O2S/c1-15(2)28-20-11-22(30-17-6-7-19-21(10-17)34-14-27-19)26-12-18(20)24(33)25-9-8-16(3)29-23(32)13-31(4)5/h6-7,10-12,14-16H,8-9,13H2,1-5H3,(H,25,33)(H,29,32)(H2,26,28,30). The molecule has 2 aromatic heterocycles. The van der Waals surface area contributed by atoms with E-state index >= 15 is 0 Å². The number of anilines is 3. The number of carbonyl (C=O) groups excluding carboxylic acids is 2. The third-order valence-corrected chi connectivity index (χ3v) is 5.72. The number of amides is 2. The second-order valence-corrected chi connectivity index (χ2v) is 9.71. The number of likely N-dealkylation sites (N-methyl/N-ethyl adjacent to an activating group) is 1. The fourth-order valence-electron chi connectivity index (χ4n) is 3.39. The van der Waals surface area contributed by atoms with Crippen molar-refractivity contribution in [3.63, 3.8) is 0 Å². The van der Waals surface area contributed by atoms with Crippen molar-refractivity contribution in [1.82, 2.24) is 25.5 Å². The zero-order valence-corrected chi connectivity index (χ0v) is 21.1. The van der Waals surface area contributed by atoms with Crippen molar-refractivity contribution in [3.05, 3.63) is 41.5 Å². The molecule has 182 valence electrons. The Kier molecular flexibility index (Phi) is 8.78. The zero-order valence-electron chi connectivity index (χ0n) is 20.3. The second-order valence-electron chi connectivity index (χ2n) is 8.82. The van der Waals surface area contributed by atoms with Crippen LogP contribution >= 0.6 is 11.3 Å². The maximum absolute atomic E-state index is 12.9. The van der Waals surface area contributed by atoms with Gasteiger partial charge in [-0.05, 0) is 59.5 Å². The average molecular weight is 484 g/mol. The van der Waals surface area contributed by atoms with E-state index in [1.807, 2.05) is 69.5 Å². The van der Waals surface area contributed by atoms with Crippen molar-refractivity contribution in [2.45, 2.75) is 39.3 Å². The highest BCUT2D eigenvalue weighted by Gasteiger charge is 2.15. The monoisotopic (exact) mass is 483 g/mol. The molecule has 0 saturated heterocycles. The third kappa shape index (κ3) is 7.39. The number of pyridine rings is 1. The molecule has 1 unspecified atom stereocenters. The first-order chi connectivity index (χ1) is 16.2. The summed E-state index contributed by atoms with van der Waals surface area (Å²) in [5.41, 5.74) is 4.87. The molecule has 9 nitrogen and oxygen atoms in total. The van der Waals surface area contributed by atoms with E-state index in [9.17, 15) is 9.59 Å². The minimum Gasteiger partial charge on any atom is -0.382 e. The minimum atomic E-state index is -0.208. The predicted molar refractivity (Wildman–Crippen MR) is 139 cm³/mol. The Balaban J connectivity index is 1.63. The summed E-state index contributed by atoms with van der Waals surface area (Å²) in [5, 5.41) is 12.5. The molecule has 0 spiro atoms. The molecule has 10 heteroatoms. The van der Waals surface area contributed by atoms with Gasteiger partial charge >= 0.3 is 0 Å². The Bertz CT molecular complexity index is 1130. The molecule has 0 aliphatic rings.